The zero-order valence-electron chi connectivity index (χ0n) is 11.7. The number of benzene rings is 1. The molecule has 0 radical (unpaired) electrons. The van der Waals surface area contributed by atoms with E-state index in [1.165, 1.54) is 0 Å². The van der Waals surface area contributed by atoms with Crippen LogP contribution in [0.1, 0.15) is 0 Å². The smallest absolute Gasteiger partial charge is 0.143 e. The van der Waals surface area contributed by atoms with E-state index in [1.54, 1.807) is 13.4 Å². The molecule has 20 heavy (non-hydrogen) atoms. The molecule has 1 aromatic carbocycles. The topological polar surface area (TPSA) is 54.0 Å². The Bertz CT molecular complexity index is 748. The predicted octanol–water partition coefficient (Wildman–Crippen LogP) is 2.70. The largest absolute Gasteiger partial charge is 0.497 e. The molecule has 5 heteroatoms. The summed E-state index contributed by atoms with van der Waals surface area (Å²) < 4.78 is 5.29. The van der Waals surface area contributed by atoms with Crippen LogP contribution in [0, 0.1) is 0 Å². The Kier molecular flexibility index (Phi) is 3.02. The number of nitrogens with one attached hydrogen (secondary N) is 1. The Hall–Kier alpha value is -2.56. The number of methoxy groups -OCH3 is 1. The van der Waals surface area contributed by atoms with Gasteiger partial charge < -0.3 is 14.6 Å². The molecule has 5 nitrogen and oxygen atoms in total. The summed E-state index contributed by atoms with van der Waals surface area (Å²) in [5.41, 5.74) is 2.98. The van der Waals surface area contributed by atoms with Crippen molar-refractivity contribution in [1.82, 2.24) is 15.0 Å². The van der Waals surface area contributed by atoms with Gasteiger partial charge in [-0.1, -0.05) is 12.1 Å². The first-order valence-electron chi connectivity index (χ1n) is 6.34. The van der Waals surface area contributed by atoms with Gasteiger partial charge in [-0.15, -0.1) is 0 Å². The first-order chi connectivity index (χ1) is 9.70. The number of hydrogen-bond acceptors (Lipinski definition) is 4. The molecule has 0 spiro atoms. The highest BCUT2D eigenvalue weighted by Gasteiger charge is 2.14. The monoisotopic (exact) mass is 268 g/mol. The Morgan fingerprint density at radius 3 is 2.80 bits per heavy atom. The van der Waals surface area contributed by atoms with E-state index < -0.39 is 0 Å². The third-order valence-electron chi connectivity index (χ3n) is 3.25. The zero-order chi connectivity index (χ0) is 14.1. The Morgan fingerprint density at radius 1 is 1.20 bits per heavy atom. The molecule has 2 aromatic heterocycles. The van der Waals surface area contributed by atoms with Crippen LogP contribution in [0.15, 0.2) is 36.8 Å². The lowest BCUT2D eigenvalue weighted by atomic mass is 10.1. The summed E-state index contributed by atoms with van der Waals surface area (Å²) in [6.07, 6.45) is 3.53. The molecular formula is C15H16N4O. The van der Waals surface area contributed by atoms with Gasteiger partial charge in [0.25, 0.3) is 0 Å². The molecule has 0 aliphatic rings. The van der Waals surface area contributed by atoms with Crippen molar-refractivity contribution in [2.75, 3.05) is 26.1 Å². The fourth-order valence-corrected chi connectivity index (χ4v) is 2.30. The standard InChI is InChI=1S/C15H16N4O/c1-19(2)15-13-12(8-16-14(13)17-9-18-15)10-5-4-6-11(7-10)20-3/h4-9H,1-3H3,(H,16,17,18). The summed E-state index contributed by atoms with van der Waals surface area (Å²) in [6.45, 7) is 0. The van der Waals surface area contributed by atoms with Crippen LogP contribution in [0.2, 0.25) is 0 Å². The molecule has 0 bridgehead atoms. The molecule has 0 aliphatic carbocycles. The lowest BCUT2D eigenvalue weighted by Gasteiger charge is -2.13. The van der Waals surface area contributed by atoms with E-state index in [1.807, 2.05) is 43.4 Å². The van der Waals surface area contributed by atoms with Crippen LogP contribution in [-0.4, -0.2) is 36.2 Å². The van der Waals surface area contributed by atoms with Crippen LogP contribution >= 0.6 is 0 Å². The number of H-pyrrole nitrogens is 1. The minimum Gasteiger partial charge on any atom is -0.497 e. The third-order valence-corrected chi connectivity index (χ3v) is 3.25. The third kappa shape index (κ3) is 1.97. The summed E-state index contributed by atoms with van der Waals surface area (Å²) in [5.74, 6) is 1.73. The van der Waals surface area contributed by atoms with E-state index >= 15 is 0 Å². The number of hydrogen-bond donors (Lipinski definition) is 1. The van der Waals surface area contributed by atoms with E-state index in [4.69, 9.17) is 4.74 Å². The van der Waals surface area contributed by atoms with Crippen molar-refractivity contribution in [3.63, 3.8) is 0 Å². The minimum atomic E-state index is 0.833. The second kappa shape index (κ2) is 4.85. The van der Waals surface area contributed by atoms with Crippen molar-refractivity contribution < 1.29 is 4.74 Å². The summed E-state index contributed by atoms with van der Waals surface area (Å²) in [4.78, 5) is 13.8. The van der Waals surface area contributed by atoms with Gasteiger partial charge in [0.1, 0.15) is 23.5 Å². The molecule has 2 heterocycles. The first-order valence-corrected chi connectivity index (χ1v) is 6.34. The quantitative estimate of drug-likeness (QED) is 0.793. The number of rotatable bonds is 3. The van der Waals surface area contributed by atoms with Crippen LogP contribution in [0.4, 0.5) is 5.82 Å². The summed E-state index contributed by atoms with van der Waals surface area (Å²) in [5, 5.41) is 1.02. The number of nitrogens with zero attached hydrogens (tertiary/aromatic N) is 3. The Balaban J connectivity index is 2.25. The summed E-state index contributed by atoms with van der Waals surface area (Å²) >= 11 is 0. The van der Waals surface area contributed by atoms with E-state index in [-0.39, 0.29) is 0 Å². The van der Waals surface area contributed by atoms with Gasteiger partial charge in [0.2, 0.25) is 0 Å². The Morgan fingerprint density at radius 2 is 2.05 bits per heavy atom. The fraction of sp³-hybridized carbons (Fsp3) is 0.200. The van der Waals surface area contributed by atoms with E-state index in [9.17, 15) is 0 Å². The second-order valence-electron chi connectivity index (χ2n) is 4.75. The molecule has 0 saturated carbocycles. The number of anilines is 1. The number of aromatic nitrogens is 3. The normalized spacial score (nSPS) is 10.8. The summed E-state index contributed by atoms with van der Waals surface area (Å²) in [7, 11) is 5.62. The van der Waals surface area contributed by atoms with E-state index in [0.29, 0.717) is 0 Å². The van der Waals surface area contributed by atoms with Gasteiger partial charge in [-0.2, -0.15) is 0 Å². The van der Waals surface area contributed by atoms with Gasteiger partial charge in [-0.3, -0.25) is 0 Å². The van der Waals surface area contributed by atoms with Gasteiger partial charge >= 0.3 is 0 Å². The SMILES string of the molecule is COc1cccc(-c2c[nH]c3ncnc(N(C)C)c23)c1. The maximum atomic E-state index is 5.29. The number of ether oxygens (including phenoxy) is 1. The molecular weight excluding hydrogens is 252 g/mol. The zero-order valence-corrected chi connectivity index (χ0v) is 11.7. The maximum Gasteiger partial charge on any atom is 0.143 e. The summed E-state index contributed by atoms with van der Waals surface area (Å²) in [6, 6.07) is 7.97. The van der Waals surface area contributed by atoms with E-state index in [2.05, 4.69) is 21.0 Å². The van der Waals surface area contributed by atoms with Crippen LogP contribution in [0.3, 0.4) is 0 Å². The van der Waals surface area contributed by atoms with Gasteiger partial charge in [0, 0.05) is 25.9 Å². The van der Waals surface area contributed by atoms with Crippen LogP contribution in [0.25, 0.3) is 22.2 Å². The first kappa shape index (κ1) is 12.5. The van der Waals surface area contributed by atoms with Crippen molar-refractivity contribution in [3.05, 3.63) is 36.8 Å². The second-order valence-corrected chi connectivity index (χ2v) is 4.75. The highest BCUT2D eigenvalue weighted by molar-refractivity contribution is 6.01. The fourth-order valence-electron chi connectivity index (χ4n) is 2.30. The lowest BCUT2D eigenvalue weighted by molar-refractivity contribution is 0.415. The molecule has 0 amide bonds. The molecule has 0 aliphatic heterocycles. The molecule has 0 unspecified atom stereocenters. The molecule has 0 saturated heterocycles. The average molecular weight is 268 g/mol. The maximum absolute atomic E-state index is 5.29. The van der Waals surface area contributed by atoms with Gasteiger partial charge in [-0.25, -0.2) is 9.97 Å². The predicted molar refractivity (Wildman–Crippen MR) is 80.2 cm³/mol. The highest BCUT2D eigenvalue weighted by atomic mass is 16.5. The van der Waals surface area contributed by atoms with Crippen LogP contribution in [-0.2, 0) is 0 Å². The minimum absolute atomic E-state index is 0.833. The molecule has 0 fully saturated rings. The highest BCUT2D eigenvalue weighted by Crippen LogP contribution is 2.34. The lowest BCUT2D eigenvalue weighted by Crippen LogP contribution is -2.11. The van der Waals surface area contributed by atoms with Crippen molar-refractivity contribution in [2.24, 2.45) is 0 Å². The van der Waals surface area contributed by atoms with Gasteiger partial charge in [0.05, 0.1) is 12.5 Å². The number of fused-ring (bicyclic) bond motifs is 1. The molecule has 0 atom stereocenters. The molecule has 3 rings (SSSR count). The molecule has 3 aromatic rings. The average Bonchev–Trinajstić information content (AvgIpc) is 2.91. The van der Waals surface area contributed by atoms with Crippen LogP contribution in [0.5, 0.6) is 5.75 Å². The van der Waals surface area contributed by atoms with E-state index in [0.717, 1.165) is 33.7 Å². The van der Waals surface area contributed by atoms with Crippen molar-refractivity contribution in [2.45, 2.75) is 0 Å². The molecule has 102 valence electrons. The van der Waals surface area contributed by atoms with Crippen molar-refractivity contribution >= 4 is 16.9 Å². The van der Waals surface area contributed by atoms with Crippen molar-refractivity contribution in [1.29, 1.82) is 0 Å². The Labute approximate surface area is 117 Å². The number of aromatic amines is 1. The van der Waals surface area contributed by atoms with Crippen LogP contribution < -0.4 is 9.64 Å². The van der Waals surface area contributed by atoms with Gasteiger partial charge in [0.15, 0.2) is 0 Å². The van der Waals surface area contributed by atoms with Gasteiger partial charge in [-0.05, 0) is 17.7 Å². The molecule has 1 N–H and O–H groups in total. The van der Waals surface area contributed by atoms with Crippen molar-refractivity contribution in [3.8, 4) is 16.9 Å².